The van der Waals surface area contributed by atoms with Gasteiger partial charge in [-0.2, -0.15) is 5.10 Å². The summed E-state index contributed by atoms with van der Waals surface area (Å²) in [5.41, 5.74) is 1.11. The third-order valence-corrected chi connectivity index (χ3v) is 3.38. The zero-order valence-corrected chi connectivity index (χ0v) is 13.5. The van der Waals surface area contributed by atoms with Gasteiger partial charge in [-0.1, -0.05) is 15.9 Å². The number of ether oxygens (including phenoxy) is 1. The van der Waals surface area contributed by atoms with Crippen molar-refractivity contribution in [2.45, 2.75) is 33.0 Å². The van der Waals surface area contributed by atoms with Crippen LogP contribution in [0.5, 0.6) is 5.75 Å². The summed E-state index contributed by atoms with van der Waals surface area (Å²) in [7, 11) is 1.92. The largest absolute Gasteiger partial charge is 0.485 e. The number of halogens is 1. The zero-order valence-electron chi connectivity index (χ0n) is 11.9. The lowest BCUT2D eigenvalue weighted by Gasteiger charge is -2.13. The smallest absolute Gasteiger partial charge is 0.165 e. The summed E-state index contributed by atoms with van der Waals surface area (Å²) in [6.45, 7) is 5.32. The van der Waals surface area contributed by atoms with Gasteiger partial charge in [0.2, 0.25) is 0 Å². The first-order chi connectivity index (χ1) is 9.61. The summed E-state index contributed by atoms with van der Waals surface area (Å²) >= 11 is 3.48. The molecule has 0 saturated carbocycles. The van der Waals surface area contributed by atoms with Crippen LogP contribution in [-0.2, 0) is 13.2 Å². The Morgan fingerprint density at radius 2 is 2.20 bits per heavy atom. The molecule has 2 rings (SSSR count). The van der Waals surface area contributed by atoms with Gasteiger partial charge in [0.15, 0.2) is 5.82 Å². The molecule has 0 unspecified atom stereocenters. The van der Waals surface area contributed by atoms with Crippen LogP contribution < -0.4 is 10.1 Å². The van der Waals surface area contributed by atoms with Crippen molar-refractivity contribution < 1.29 is 4.74 Å². The number of nitrogens with one attached hydrogen (secondary N) is 1. The summed E-state index contributed by atoms with van der Waals surface area (Å²) in [5, 5.41) is 7.35. The van der Waals surface area contributed by atoms with Crippen molar-refractivity contribution in [1.29, 1.82) is 0 Å². The first kappa shape index (κ1) is 15.0. The maximum atomic E-state index is 5.90. The van der Waals surface area contributed by atoms with E-state index in [0.29, 0.717) is 6.61 Å². The lowest BCUT2D eigenvalue weighted by molar-refractivity contribution is 0.279. The monoisotopic (exact) mass is 338 g/mol. The van der Waals surface area contributed by atoms with Gasteiger partial charge in [-0.25, -0.2) is 9.67 Å². The molecule has 0 radical (unpaired) electrons. The second kappa shape index (κ2) is 6.85. The van der Waals surface area contributed by atoms with Crippen LogP contribution in [0, 0.1) is 0 Å². The van der Waals surface area contributed by atoms with Gasteiger partial charge in [0.05, 0.1) is 0 Å². The molecular weight excluding hydrogens is 320 g/mol. The molecule has 1 heterocycles. The highest BCUT2D eigenvalue weighted by Crippen LogP contribution is 2.24. The Bertz CT molecular complexity index is 568. The van der Waals surface area contributed by atoms with E-state index in [4.69, 9.17) is 4.74 Å². The third-order valence-electron chi connectivity index (χ3n) is 2.88. The fourth-order valence-corrected chi connectivity index (χ4v) is 2.38. The Hall–Kier alpha value is -1.40. The van der Waals surface area contributed by atoms with Gasteiger partial charge in [-0.05, 0) is 39.1 Å². The van der Waals surface area contributed by atoms with Crippen LogP contribution in [-0.4, -0.2) is 21.8 Å². The number of hydrogen-bond donors (Lipinski definition) is 1. The molecule has 5 nitrogen and oxygen atoms in total. The second-order valence-electron chi connectivity index (χ2n) is 4.79. The molecule has 0 spiro atoms. The maximum Gasteiger partial charge on any atom is 0.165 e. The van der Waals surface area contributed by atoms with Gasteiger partial charge in [0.1, 0.15) is 18.7 Å². The highest BCUT2D eigenvalue weighted by molar-refractivity contribution is 9.10. The topological polar surface area (TPSA) is 52.0 Å². The highest BCUT2D eigenvalue weighted by atomic mass is 79.9. The number of benzene rings is 1. The van der Waals surface area contributed by atoms with Crippen molar-refractivity contribution in [2.24, 2.45) is 0 Å². The average molecular weight is 339 g/mol. The highest BCUT2D eigenvalue weighted by Gasteiger charge is 2.10. The summed E-state index contributed by atoms with van der Waals surface area (Å²) in [5.74, 6) is 1.69. The Kier molecular flexibility index (Phi) is 5.14. The predicted molar refractivity (Wildman–Crippen MR) is 81.6 cm³/mol. The number of aromatic nitrogens is 3. The van der Waals surface area contributed by atoms with E-state index in [0.717, 1.165) is 28.2 Å². The van der Waals surface area contributed by atoms with Crippen molar-refractivity contribution >= 4 is 15.9 Å². The van der Waals surface area contributed by atoms with Crippen LogP contribution in [0.15, 0.2) is 29.0 Å². The SMILES string of the molecule is CNCc1cc(Br)ccc1OCc1ncnn1C(C)C. The van der Waals surface area contributed by atoms with E-state index in [9.17, 15) is 0 Å². The molecule has 0 bridgehead atoms. The van der Waals surface area contributed by atoms with Crippen molar-refractivity contribution in [2.75, 3.05) is 7.05 Å². The Balaban J connectivity index is 2.12. The quantitative estimate of drug-likeness (QED) is 0.879. The summed E-state index contributed by atoms with van der Waals surface area (Å²) in [6, 6.07) is 6.27. The first-order valence-electron chi connectivity index (χ1n) is 6.56. The normalized spacial score (nSPS) is 11.1. The second-order valence-corrected chi connectivity index (χ2v) is 5.70. The third kappa shape index (κ3) is 3.58. The zero-order chi connectivity index (χ0) is 14.5. The molecule has 1 aromatic heterocycles. The van der Waals surface area contributed by atoms with Gasteiger partial charge in [0, 0.05) is 22.6 Å². The predicted octanol–water partition coefficient (Wildman–Crippen LogP) is 2.92. The lowest BCUT2D eigenvalue weighted by Crippen LogP contribution is -2.12. The summed E-state index contributed by atoms with van der Waals surface area (Å²) in [6.07, 6.45) is 1.56. The molecule has 20 heavy (non-hydrogen) atoms. The molecular formula is C14H19BrN4O. The van der Waals surface area contributed by atoms with Crippen molar-refractivity contribution in [3.05, 3.63) is 40.4 Å². The van der Waals surface area contributed by atoms with Gasteiger partial charge in [-0.15, -0.1) is 0 Å². The molecule has 0 aliphatic carbocycles. The molecule has 0 fully saturated rings. The molecule has 1 N–H and O–H groups in total. The number of nitrogens with zero attached hydrogens (tertiary/aromatic N) is 3. The van der Waals surface area contributed by atoms with E-state index >= 15 is 0 Å². The van der Waals surface area contributed by atoms with Crippen LogP contribution in [0.1, 0.15) is 31.3 Å². The minimum absolute atomic E-state index is 0.276. The average Bonchev–Trinajstić information content (AvgIpc) is 2.87. The van der Waals surface area contributed by atoms with E-state index in [1.807, 2.05) is 23.9 Å². The van der Waals surface area contributed by atoms with Crippen LogP contribution in [0.25, 0.3) is 0 Å². The van der Waals surface area contributed by atoms with Gasteiger partial charge < -0.3 is 10.1 Å². The van der Waals surface area contributed by atoms with E-state index < -0.39 is 0 Å². The molecule has 6 heteroatoms. The minimum atomic E-state index is 0.276. The van der Waals surface area contributed by atoms with E-state index in [1.165, 1.54) is 0 Å². The molecule has 0 amide bonds. The Morgan fingerprint density at radius 3 is 2.90 bits per heavy atom. The van der Waals surface area contributed by atoms with Crippen LogP contribution in [0.4, 0.5) is 0 Å². The van der Waals surface area contributed by atoms with Gasteiger partial charge in [0.25, 0.3) is 0 Å². The van der Waals surface area contributed by atoms with Crippen molar-refractivity contribution in [3.8, 4) is 5.75 Å². The van der Waals surface area contributed by atoms with Crippen LogP contribution >= 0.6 is 15.9 Å². The Morgan fingerprint density at radius 1 is 1.40 bits per heavy atom. The molecule has 0 aliphatic rings. The van der Waals surface area contributed by atoms with Gasteiger partial charge >= 0.3 is 0 Å². The van der Waals surface area contributed by atoms with E-state index in [2.05, 4.69) is 51.2 Å². The van der Waals surface area contributed by atoms with Gasteiger partial charge in [-0.3, -0.25) is 0 Å². The van der Waals surface area contributed by atoms with E-state index in [-0.39, 0.29) is 6.04 Å². The Labute approximate surface area is 127 Å². The minimum Gasteiger partial charge on any atom is -0.485 e. The molecule has 2 aromatic rings. The van der Waals surface area contributed by atoms with Crippen LogP contribution in [0.2, 0.25) is 0 Å². The standard InChI is InChI=1S/C14H19BrN4O/c1-10(2)19-14(17-9-18-19)8-20-13-5-4-12(15)6-11(13)7-16-3/h4-6,9-10,16H,7-8H2,1-3H3. The summed E-state index contributed by atoms with van der Waals surface area (Å²) < 4.78 is 8.81. The number of rotatable bonds is 6. The van der Waals surface area contributed by atoms with Crippen molar-refractivity contribution in [3.63, 3.8) is 0 Å². The molecule has 108 valence electrons. The lowest BCUT2D eigenvalue weighted by atomic mass is 10.2. The first-order valence-corrected chi connectivity index (χ1v) is 7.35. The van der Waals surface area contributed by atoms with Crippen molar-refractivity contribution in [1.82, 2.24) is 20.1 Å². The molecule has 0 saturated heterocycles. The fraction of sp³-hybridized carbons (Fsp3) is 0.429. The fourth-order valence-electron chi connectivity index (χ4n) is 1.97. The molecule has 0 atom stereocenters. The number of hydrogen-bond acceptors (Lipinski definition) is 4. The van der Waals surface area contributed by atoms with Crippen LogP contribution in [0.3, 0.4) is 0 Å². The van der Waals surface area contributed by atoms with E-state index in [1.54, 1.807) is 6.33 Å². The summed E-state index contributed by atoms with van der Waals surface area (Å²) in [4.78, 5) is 4.25. The molecule has 1 aromatic carbocycles. The molecule has 0 aliphatic heterocycles. The maximum absolute atomic E-state index is 5.90.